The van der Waals surface area contributed by atoms with E-state index in [0.29, 0.717) is 6.04 Å². The van der Waals surface area contributed by atoms with Crippen LogP contribution in [-0.4, -0.2) is 29.6 Å². The molecule has 0 N–H and O–H groups in total. The average molecular weight is 393 g/mol. The van der Waals surface area contributed by atoms with Crippen molar-refractivity contribution < 1.29 is 9.13 Å². The lowest BCUT2D eigenvalue weighted by molar-refractivity contribution is 0.229. The lowest BCUT2D eigenvalue weighted by Gasteiger charge is -2.31. The minimum atomic E-state index is -0.212. The quantitative estimate of drug-likeness (QED) is 0.491. The topological polar surface area (TPSA) is 25.4 Å². The minimum absolute atomic E-state index is 0.180. The summed E-state index contributed by atoms with van der Waals surface area (Å²) in [7, 11) is 1.65. The van der Waals surface area contributed by atoms with Crippen molar-refractivity contribution in [2.75, 3.05) is 13.7 Å². The number of hydrogen-bond donors (Lipinski definition) is 0. The maximum Gasteiger partial charge on any atom is 0.123 e. The first kappa shape index (κ1) is 19.8. The summed E-state index contributed by atoms with van der Waals surface area (Å²) in [6, 6.07) is 15.9. The van der Waals surface area contributed by atoms with E-state index in [4.69, 9.17) is 4.74 Å². The Morgan fingerprint density at radius 3 is 2.69 bits per heavy atom. The molecule has 0 atom stereocenters. The predicted molar refractivity (Wildman–Crippen MR) is 116 cm³/mol. The zero-order valence-electron chi connectivity index (χ0n) is 17.5. The number of ether oxygens (including phenoxy) is 1. The number of benzene rings is 2. The fourth-order valence-corrected chi connectivity index (χ4v) is 4.11. The van der Waals surface area contributed by atoms with Gasteiger partial charge < -0.3 is 4.74 Å². The molecular weight excluding hydrogens is 363 g/mol. The standard InChI is InChI=1S/C25H29FN2O/c1-25(2,22-16-19(26)8-11-24(22)29-3)13-15-28(20-9-10-20)17-18-12-14-27-23-7-5-4-6-21(18)23/h4-8,11-12,14,16,20H,9-10,13,15,17H2,1-3H3. The maximum atomic E-state index is 13.9. The van der Waals surface area contributed by atoms with E-state index >= 15 is 0 Å². The first-order chi connectivity index (χ1) is 14.0. The Kier molecular flexibility index (Phi) is 5.55. The van der Waals surface area contributed by atoms with Crippen LogP contribution in [0.5, 0.6) is 5.75 Å². The Bertz CT molecular complexity index is 992. The molecule has 1 aromatic heterocycles. The molecule has 2 aromatic carbocycles. The highest BCUT2D eigenvalue weighted by molar-refractivity contribution is 5.81. The van der Waals surface area contributed by atoms with Crippen molar-refractivity contribution in [1.29, 1.82) is 0 Å². The maximum absolute atomic E-state index is 13.9. The van der Waals surface area contributed by atoms with Crippen molar-refractivity contribution in [3.8, 4) is 5.75 Å². The third-order valence-corrected chi connectivity index (χ3v) is 6.09. The second kappa shape index (κ2) is 8.11. The van der Waals surface area contributed by atoms with E-state index in [9.17, 15) is 4.39 Å². The van der Waals surface area contributed by atoms with Gasteiger partial charge in [0.05, 0.1) is 12.6 Å². The Hall–Kier alpha value is -2.46. The second-order valence-corrected chi connectivity index (χ2v) is 8.67. The van der Waals surface area contributed by atoms with Gasteiger partial charge in [-0.2, -0.15) is 0 Å². The molecule has 4 heteroatoms. The second-order valence-electron chi connectivity index (χ2n) is 8.67. The summed E-state index contributed by atoms with van der Waals surface area (Å²) in [6.07, 6.45) is 5.36. The molecule has 0 amide bonds. The predicted octanol–water partition coefficient (Wildman–Crippen LogP) is 5.71. The molecule has 152 valence electrons. The van der Waals surface area contributed by atoms with Crippen LogP contribution in [0.2, 0.25) is 0 Å². The van der Waals surface area contributed by atoms with Crippen LogP contribution in [0.25, 0.3) is 10.9 Å². The molecule has 0 radical (unpaired) electrons. The number of nitrogens with zero attached hydrogens (tertiary/aromatic N) is 2. The average Bonchev–Trinajstić information content (AvgIpc) is 3.56. The van der Waals surface area contributed by atoms with Gasteiger partial charge in [0.25, 0.3) is 0 Å². The lowest BCUT2D eigenvalue weighted by Crippen LogP contribution is -2.31. The van der Waals surface area contributed by atoms with Gasteiger partial charge in [-0.05, 0) is 67.1 Å². The molecular formula is C25H29FN2O. The van der Waals surface area contributed by atoms with Crippen molar-refractivity contribution in [3.63, 3.8) is 0 Å². The molecule has 0 aliphatic heterocycles. The van der Waals surface area contributed by atoms with Gasteiger partial charge in [0.2, 0.25) is 0 Å². The van der Waals surface area contributed by atoms with Crippen LogP contribution in [-0.2, 0) is 12.0 Å². The molecule has 3 aromatic rings. The summed E-state index contributed by atoms with van der Waals surface area (Å²) in [4.78, 5) is 7.07. The van der Waals surface area contributed by atoms with E-state index in [1.165, 1.54) is 29.9 Å². The van der Waals surface area contributed by atoms with Crippen LogP contribution in [0.1, 0.15) is 44.2 Å². The molecule has 0 spiro atoms. The van der Waals surface area contributed by atoms with Crippen molar-refractivity contribution >= 4 is 10.9 Å². The normalized spacial score (nSPS) is 14.5. The first-order valence-electron chi connectivity index (χ1n) is 10.4. The fourth-order valence-electron chi connectivity index (χ4n) is 4.11. The zero-order chi connectivity index (χ0) is 20.4. The highest BCUT2D eigenvalue weighted by atomic mass is 19.1. The van der Waals surface area contributed by atoms with E-state index in [0.717, 1.165) is 36.3 Å². The highest BCUT2D eigenvalue weighted by Gasteiger charge is 2.32. The molecule has 0 saturated heterocycles. The molecule has 1 heterocycles. The van der Waals surface area contributed by atoms with Crippen LogP contribution in [0.4, 0.5) is 4.39 Å². The number of para-hydroxylation sites is 1. The number of halogens is 1. The van der Waals surface area contributed by atoms with Crippen LogP contribution in [0.3, 0.4) is 0 Å². The molecule has 1 fully saturated rings. The molecule has 1 aliphatic carbocycles. The Morgan fingerprint density at radius 2 is 1.93 bits per heavy atom. The van der Waals surface area contributed by atoms with E-state index in [1.54, 1.807) is 19.2 Å². The van der Waals surface area contributed by atoms with Crippen molar-refractivity contribution in [2.24, 2.45) is 0 Å². The smallest absolute Gasteiger partial charge is 0.123 e. The summed E-state index contributed by atoms with van der Waals surface area (Å²) < 4.78 is 19.4. The molecule has 0 bridgehead atoms. The van der Waals surface area contributed by atoms with Crippen LogP contribution in [0.15, 0.2) is 54.7 Å². The third kappa shape index (κ3) is 4.43. The fraction of sp³-hybridized carbons (Fsp3) is 0.400. The van der Waals surface area contributed by atoms with E-state index in [-0.39, 0.29) is 11.2 Å². The number of fused-ring (bicyclic) bond motifs is 1. The van der Waals surface area contributed by atoms with E-state index in [2.05, 4.69) is 48.0 Å². The number of aromatic nitrogens is 1. The van der Waals surface area contributed by atoms with Crippen LogP contribution >= 0.6 is 0 Å². The third-order valence-electron chi connectivity index (χ3n) is 6.09. The SMILES string of the molecule is COc1ccc(F)cc1C(C)(C)CCN(Cc1ccnc2ccccc12)C1CC1. The molecule has 4 rings (SSSR count). The Labute approximate surface area is 172 Å². The monoisotopic (exact) mass is 392 g/mol. The number of methoxy groups -OCH3 is 1. The zero-order valence-corrected chi connectivity index (χ0v) is 17.5. The number of hydrogen-bond acceptors (Lipinski definition) is 3. The van der Waals surface area contributed by atoms with Gasteiger partial charge in [0, 0.05) is 29.7 Å². The minimum Gasteiger partial charge on any atom is -0.496 e. The van der Waals surface area contributed by atoms with Gasteiger partial charge >= 0.3 is 0 Å². The largest absolute Gasteiger partial charge is 0.496 e. The van der Waals surface area contributed by atoms with Crippen molar-refractivity contribution in [3.05, 3.63) is 71.7 Å². The first-order valence-corrected chi connectivity index (χ1v) is 10.4. The Balaban J connectivity index is 1.53. The lowest BCUT2D eigenvalue weighted by atomic mass is 9.80. The van der Waals surface area contributed by atoms with Crippen LogP contribution in [0, 0.1) is 5.82 Å². The summed E-state index contributed by atoms with van der Waals surface area (Å²) in [5, 5.41) is 1.23. The van der Waals surface area contributed by atoms with Crippen molar-refractivity contribution in [2.45, 2.75) is 51.1 Å². The summed E-state index contributed by atoms with van der Waals surface area (Å²) >= 11 is 0. The van der Waals surface area contributed by atoms with Gasteiger partial charge in [-0.1, -0.05) is 32.0 Å². The molecule has 1 aliphatic rings. The van der Waals surface area contributed by atoms with Gasteiger partial charge in [0.1, 0.15) is 11.6 Å². The molecule has 0 unspecified atom stereocenters. The summed E-state index contributed by atoms with van der Waals surface area (Å²) in [5.74, 6) is 0.547. The molecule has 29 heavy (non-hydrogen) atoms. The highest BCUT2D eigenvalue weighted by Crippen LogP contribution is 2.37. The molecule has 3 nitrogen and oxygen atoms in total. The van der Waals surface area contributed by atoms with Gasteiger partial charge in [-0.25, -0.2) is 4.39 Å². The number of pyridine rings is 1. The summed E-state index contributed by atoms with van der Waals surface area (Å²) in [6.45, 7) is 6.24. The van der Waals surface area contributed by atoms with E-state index in [1.807, 2.05) is 12.3 Å². The molecule has 1 saturated carbocycles. The summed E-state index contributed by atoms with van der Waals surface area (Å²) in [5.41, 5.74) is 3.13. The van der Waals surface area contributed by atoms with Crippen LogP contribution < -0.4 is 4.74 Å². The Morgan fingerprint density at radius 1 is 1.14 bits per heavy atom. The number of rotatable bonds is 8. The van der Waals surface area contributed by atoms with Gasteiger partial charge in [-0.3, -0.25) is 9.88 Å². The van der Waals surface area contributed by atoms with Crippen molar-refractivity contribution in [1.82, 2.24) is 9.88 Å². The van der Waals surface area contributed by atoms with E-state index < -0.39 is 0 Å². The van der Waals surface area contributed by atoms with Gasteiger partial charge in [0.15, 0.2) is 0 Å². The van der Waals surface area contributed by atoms with Gasteiger partial charge in [-0.15, -0.1) is 0 Å².